The molecule has 21 heavy (non-hydrogen) atoms. The molecule has 1 aromatic carbocycles. The lowest BCUT2D eigenvalue weighted by atomic mass is 10.1. The second-order valence-electron chi connectivity index (χ2n) is 5.95. The molecule has 1 N–H and O–H groups in total. The van der Waals surface area contributed by atoms with Crippen LogP contribution in [0.5, 0.6) is 0 Å². The van der Waals surface area contributed by atoms with Crippen molar-refractivity contribution in [3.63, 3.8) is 0 Å². The van der Waals surface area contributed by atoms with Crippen molar-refractivity contribution >= 4 is 0 Å². The predicted molar refractivity (Wildman–Crippen MR) is 83.8 cm³/mol. The van der Waals surface area contributed by atoms with E-state index in [1.54, 1.807) is 0 Å². The minimum atomic E-state index is -0.260. The number of β-amino-alcohol motifs (C(OH)–C–C–N with tert-alkyl or cyclic N) is 1. The Labute approximate surface area is 127 Å². The molecule has 114 valence electrons. The van der Waals surface area contributed by atoms with E-state index in [4.69, 9.17) is 5.26 Å². The van der Waals surface area contributed by atoms with Crippen LogP contribution in [0.1, 0.15) is 31.4 Å². The minimum Gasteiger partial charge on any atom is -0.392 e. The molecule has 0 aromatic heterocycles. The largest absolute Gasteiger partial charge is 0.392 e. The van der Waals surface area contributed by atoms with Gasteiger partial charge in [0.25, 0.3) is 0 Å². The highest BCUT2D eigenvalue weighted by molar-refractivity contribution is 5.31. The van der Waals surface area contributed by atoms with E-state index in [9.17, 15) is 5.11 Å². The molecule has 0 spiro atoms. The maximum atomic E-state index is 9.59. The van der Waals surface area contributed by atoms with E-state index in [-0.39, 0.29) is 6.10 Å². The van der Waals surface area contributed by atoms with Crippen LogP contribution in [-0.4, -0.2) is 53.2 Å². The van der Waals surface area contributed by atoms with E-state index < -0.39 is 0 Å². The summed E-state index contributed by atoms with van der Waals surface area (Å²) in [6.45, 7) is 8.86. The van der Waals surface area contributed by atoms with Gasteiger partial charge in [-0.1, -0.05) is 19.1 Å². The molecule has 0 unspecified atom stereocenters. The monoisotopic (exact) mass is 287 g/mol. The third kappa shape index (κ3) is 4.53. The highest BCUT2D eigenvalue weighted by Gasteiger charge is 2.26. The first-order chi connectivity index (χ1) is 10.1. The Bertz CT molecular complexity index is 478. The van der Waals surface area contributed by atoms with E-state index in [0.29, 0.717) is 11.6 Å². The van der Waals surface area contributed by atoms with Gasteiger partial charge in [-0.25, -0.2) is 0 Å². The fraction of sp³-hybridized carbons (Fsp3) is 0.588. The molecule has 0 aliphatic carbocycles. The second kappa shape index (κ2) is 7.56. The van der Waals surface area contributed by atoms with Crippen molar-refractivity contribution in [3.8, 4) is 6.07 Å². The van der Waals surface area contributed by atoms with E-state index >= 15 is 0 Å². The number of hydrogen-bond donors (Lipinski definition) is 1. The molecule has 1 aromatic rings. The fourth-order valence-corrected chi connectivity index (χ4v) is 3.01. The topological polar surface area (TPSA) is 50.5 Å². The SMILES string of the molecule is CC[C@@H]1CN(Cc2ccc(C#N)cc2)CCN1C[C@@H](C)O. The van der Waals surface area contributed by atoms with Crippen molar-refractivity contribution in [3.05, 3.63) is 35.4 Å². The Kier molecular flexibility index (Phi) is 5.75. The molecular formula is C17H25N3O. The van der Waals surface area contributed by atoms with Crippen LogP contribution in [-0.2, 0) is 6.54 Å². The van der Waals surface area contributed by atoms with Crippen LogP contribution in [0.4, 0.5) is 0 Å². The van der Waals surface area contributed by atoms with Crippen molar-refractivity contribution in [2.45, 2.75) is 39.0 Å². The number of hydrogen-bond acceptors (Lipinski definition) is 4. The zero-order valence-corrected chi connectivity index (χ0v) is 13.0. The molecule has 0 saturated carbocycles. The van der Waals surface area contributed by atoms with Crippen molar-refractivity contribution in [1.29, 1.82) is 5.26 Å². The number of nitriles is 1. The summed E-state index contributed by atoms with van der Waals surface area (Å²) >= 11 is 0. The van der Waals surface area contributed by atoms with E-state index in [2.05, 4.69) is 22.8 Å². The summed E-state index contributed by atoms with van der Waals surface area (Å²) in [7, 11) is 0. The molecule has 1 heterocycles. The van der Waals surface area contributed by atoms with Crippen molar-refractivity contribution in [2.75, 3.05) is 26.2 Å². The van der Waals surface area contributed by atoms with E-state index in [0.717, 1.165) is 39.1 Å². The third-order valence-electron chi connectivity index (χ3n) is 4.15. The molecule has 1 aliphatic rings. The molecule has 1 fully saturated rings. The second-order valence-corrected chi connectivity index (χ2v) is 5.95. The molecule has 2 rings (SSSR count). The van der Waals surface area contributed by atoms with Crippen molar-refractivity contribution < 1.29 is 5.11 Å². The first kappa shape index (κ1) is 16.0. The molecule has 1 saturated heterocycles. The molecule has 2 atom stereocenters. The average molecular weight is 287 g/mol. The van der Waals surface area contributed by atoms with Gasteiger partial charge in [0.15, 0.2) is 0 Å². The van der Waals surface area contributed by atoms with Gasteiger partial charge in [-0.3, -0.25) is 9.80 Å². The summed E-state index contributed by atoms with van der Waals surface area (Å²) in [5.41, 5.74) is 1.97. The Hall–Kier alpha value is -1.41. The smallest absolute Gasteiger partial charge is 0.0991 e. The summed E-state index contributed by atoms with van der Waals surface area (Å²) in [4.78, 5) is 4.87. The van der Waals surface area contributed by atoms with E-state index in [1.165, 1.54) is 5.56 Å². The highest BCUT2D eigenvalue weighted by Crippen LogP contribution is 2.16. The van der Waals surface area contributed by atoms with Gasteiger partial charge < -0.3 is 5.11 Å². The minimum absolute atomic E-state index is 0.260. The normalized spacial score (nSPS) is 21.9. The van der Waals surface area contributed by atoms with Crippen molar-refractivity contribution in [1.82, 2.24) is 9.80 Å². The van der Waals surface area contributed by atoms with Gasteiger partial charge in [-0.15, -0.1) is 0 Å². The molecule has 0 amide bonds. The number of piperazine rings is 1. The summed E-state index contributed by atoms with van der Waals surface area (Å²) in [6.07, 6.45) is 0.848. The summed E-state index contributed by atoms with van der Waals surface area (Å²) in [5, 5.41) is 18.4. The first-order valence-electron chi connectivity index (χ1n) is 7.76. The Morgan fingerprint density at radius 3 is 2.62 bits per heavy atom. The van der Waals surface area contributed by atoms with Crippen LogP contribution in [0.25, 0.3) is 0 Å². The van der Waals surface area contributed by atoms with Crippen LogP contribution in [0.3, 0.4) is 0 Å². The predicted octanol–water partition coefficient (Wildman–Crippen LogP) is 1.84. The quantitative estimate of drug-likeness (QED) is 0.898. The van der Waals surface area contributed by atoms with Gasteiger partial charge in [-0.05, 0) is 31.0 Å². The Morgan fingerprint density at radius 1 is 1.33 bits per heavy atom. The van der Waals surface area contributed by atoms with Gasteiger partial charge in [0, 0.05) is 38.8 Å². The van der Waals surface area contributed by atoms with Crippen LogP contribution >= 0.6 is 0 Å². The van der Waals surface area contributed by atoms with Crippen LogP contribution in [0, 0.1) is 11.3 Å². The van der Waals surface area contributed by atoms with Crippen molar-refractivity contribution in [2.24, 2.45) is 0 Å². The van der Waals surface area contributed by atoms with Crippen LogP contribution < -0.4 is 0 Å². The average Bonchev–Trinajstić information content (AvgIpc) is 2.49. The standard InChI is InChI=1S/C17H25N3O/c1-3-17-13-19(8-9-20(17)11-14(2)21)12-16-6-4-15(10-18)5-7-16/h4-7,14,17,21H,3,8-9,11-13H2,1-2H3/t14-,17-/m1/s1. The van der Waals surface area contributed by atoms with Gasteiger partial charge in [0.2, 0.25) is 0 Å². The zero-order chi connectivity index (χ0) is 15.2. The maximum absolute atomic E-state index is 9.59. The molecular weight excluding hydrogens is 262 g/mol. The Balaban J connectivity index is 1.92. The highest BCUT2D eigenvalue weighted by atomic mass is 16.3. The maximum Gasteiger partial charge on any atom is 0.0991 e. The number of benzene rings is 1. The lowest BCUT2D eigenvalue weighted by Crippen LogP contribution is -2.54. The molecule has 4 heteroatoms. The van der Waals surface area contributed by atoms with Crippen LogP contribution in [0.15, 0.2) is 24.3 Å². The summed E-state index contributed by atoms with van der Waals surface area (Å²) in [6, 6.07) is 10.5. The Morgan fingerprint density at radius 2 is 2.05 bits per heavy atom. The number of aliphatic hydroxyl groups is 1. The molecule has 0 bridgehead atoms. The lowest BCUT2D eigenvalue weighted by Gasteiger charge is -2.41. The summed E-state index contributed by atoms with van der Waals surface area (Å²) < 4.78 is 0. The number of rotatable bonds is 5. The molecule has 4 nitrogen and oxygen atoms in total. The van der Waals surface area contributed by atoms with Crippen LogP contribution in [0.2, 0.25) is 0 Å². The van der Waals surface area contributed by atoms with Gasteiger partial charge >= 0.3 is 0 Å². The molecule has 1 aliphatic heterocycles. The number of nitrogens with zero attached hydrogens (tertiary/aromatic N) is 3. The number of aliphatic hydroxyl groups excluding tert-OH is 1. The third-order valence-corrected chi connectivity index (χ3v) is 4.15. The lowest BCUT2D eigenvalue weighted by molar-refractivity contribution is 0.0338. The summed E-state index contributed by atoms with van der Waals surface area (Å²) in [5.74, 6) is 0. The fourth-order valence-electron chi connectivity index (χ4n) is 3.01. The zero-order valence-electron chi connectivity index (χ0n) is 13.0. The molecule has 0 radical (unpaired) electrons. The first-order valence-corrected chi connectivity index (χ1v) is 7.76. The van der Waals surface area contributed by atoms with Gasteiger partial charge in [0.1, 0.15) is 0 Å². The van der Waals surface area contributed by atoms with E-state index in [1.807, 2.05) is 31.2 Å². The van der Waals surface area contributed by atoms with Gasteiger partial charge in [-0.2, -0.15) is 5.26 Å². The van der Waals surface area contributed by atoms with Gasteiger partial charge in [0.05, 0.1) is 17.7 Å².